The molecule has 0 radical (unpaired) electrons. The third-order valence-corrected chi connectivity index (χ3v) is 4.04. The summed E-state index contributed by atoms with van der Waals surface area (Å²) in [6.07, 6.45) is 0.756. The Balaban J connectivity index is 1.75. The normalized spacial score (nSPS) is 10.6. The second kappa shape index (κ2) is 9.88. The van der Waals surface area contributed by atoms with Crippen LogP contribution in [0.15, 0.2) is 53.4 Å². The van der Waals surface area contributed by atoms with Crippen LogP contribution >= 0.6 is 11.8 Å². The van der Waals surface area contributed by atoms with Crippen molar-refractivity contribution in [3.63, 3.8) is 0 Å². The first-order valence-electron chi connectivity index (χ1n) is 7.69. The first-order valence-corrected chi connectivity index (χ1v) is 8.57. The number of alkyl halides is 2. The Morgan fingerprint density at radius 2 is 1.80 bits per heavy atom. The maximum Gasteiger partial charge on any atom is 0.288 e. The summed E-state index contributed by atoms with van der Waals surface area (Å²) in [4.78, 5) is 12.3. The molecule has 7 heteroatoms. The number of carbonyl (C=O) groups is 1. The summed E-state index contributed by atoms with van der Waals surface area (Å²) in [5, 5.41) is 2.66. The standard InChI is InChI=1S/C18H19F2NO3S/c1-23-13-8-10-14(11-9-13)24-12-4-7-17(22)21-15-5-2-3-6-16(15)25-18(19)20/h2-3,5-6,8-11,18H,4,7,12H2,1H3,(H,21,22). The molecule has 0 bridgehead atoms. The number of amides is 1. The lowest BCUT2D eigenvalue weighted by Crippen LogP contribution is -2.13. The highest BCUT2D eigenvalue weighted by molar-refractivity contribution is 7.99. The van der Waals surface area contributed by atoms with Gasteiger partial charge in [-0.05, 0) is 42.8 Å². The molecule has 0 atom stereocenters. The molecular formula is C18H19F2NO3S. The van der Waals surface area contributed by atoms with Gasteiger partial charge in [-0.3, -0.25) is 4.79 Å². The van der Waals surface area contributed by atoms with Gasteiger partial charge in [0.15, 0.2) is 0 Å². The molecule has 0 aromatic heterocycles. The number of rotatable bonds is 9. The number of para-hydroxylation sites is 1. The minimum Gasteiger partial charge on any atom is -0.497 e. The van der Waals surface area contributed by atoms with Crippen molar-refractivity contribution in [2.75, 3.05) is 19.0 Å². The van der Waals surface area contributed by atoms with Crippen molar-refractivity contribution in [3.05, 3.63) is 48.5 Å². The number of hydrogen-bond donors (Lipinski definition) is 1. The number of benzene rings is 2. The fourth-order valence-electron chi connectivity index (χ4n) is 2.08. The average Bonchev–Trinajstić information content (AvgIpc) is 2.60. The molecular weight excluding hydrogens is 348 g/mol. The maximum absolute atomic E-state index is 12.5. The van der Waals surface area contributed by atoms with Crippen LogP contribution in [0.2, 0.25) is 0 Å². The number of nitrogens with one attached hydrogen (secondary N) is 1. The Bertz CT molecular complexity index is 680. The molecule has 0 saturated heterocycles. The Hall–Kier alpha value is -2.28. The van der Waals surface area contributed by atoms with Crippen LogP contribution < -0.4 is 14.8 Å². The van der Waals surface area contributed by atoms with E-state index in [9.17, 15) is 13.6 Å². The van der Waals surface area contributed by atoms with Gasteiger partial charge in [0.1, 0.15) is 11.5 Å². The molecule has 1 amide bonds. The Kier molecular flexibility index (Phi) is 7.53. The molecule has 0 spiro atoms. The van der Waals surface area contributed by atoms with Crippen LogP contribution in [0, 0.1) is 0 Å². The SMILES string of the molecule is COc1ccc(OCCCC(=O)Nc2ccccc2SC(F)F)cc1. The van der Waals surface area contributed by atoms with Gasteiger partial charge >= 0.3 is 0 Å². The molecule has 0 heterocycles. The highest BCUT2D eigenvalue weighted by Gasteiger charge is 2.11. The third-order valence-electron chi connectivity index (χ3n) is 3.25. The summed E-state index contributed by atoms with van der Waals surface area (Å²) in [7, 11) is 1.59. The van der Waals surface area contributed by atoms with E-state index in [1.807, 2.05) is 0 Å². The third kappa shape index (κ3) is 6.62. The van der Waals surface area contributed by atoms with E-state index in [1.54, 1.807) is 55.6 Å². The van der Waals surface area contributed by atoms with E-state index >= 15 is 0 Å². The van der Waals surface area contributed by atoms with Crippen molar-refractivity contribution in [1.82, 2.24) is 0 Å². The largest absolute Gasteiger partial charge is 0.497 e. The van der Waals surface area contributed by atoms with Gasteiger partial charge in [-0.1, -0.05) is 23.9 Å². The second-order valence-corrected chi connectivity index (χ2v) is 6.08. The number of ether oxygens (including phenoxy) is 2. The van der Waals surface area contributed by atoms with Gasteiger partial charge in [-0.25, -0.2) is 0 Å². The molecule has 2 rings (SSSR count). The molecule has 0 unspecified atom stereocenters. The highest BCUT2D eigenvalue weighted by atomic mass is 32.2. The topological polar surface area (TPSA) is 47.6 Å². The lowest BCUT2D eigenvalue weighted by atomic mass is 10.2. The summed E-state index contributed by atoms with van der Waals surface area (Å²) in [6, 6.07) is 13.7. The number of hydrogen-bond acceptors (Lipinski definition) is 4. The van der Waals surface area contributed by atoms with E-state index in [2.05, 4.69) is 5.32 Å². The number of methoxy groups -OCH3 is 1. The minimum atomic E-state index is -2.53. The van der Waals surface area contributed by atoms with Crippen LogP contribution in [0.1, 0.15) is 12.8 Å². The highest BCUT2D eigenvalue weighted by Crippen LogP contribution is 2.31. The van der Waals surface area contributed by atoms with Crippen LogP contribution in [0.25, 0.3) is 0 Å². The van der Waals surface area contributed by atoms with Crippen molar-refractivity contribution in [2.45, 2.75) is 23.5 Å². The summed E-state index contributed by atoms with van der Waals surface area (Å²) in [5.74, 6) is -1.33. The first kappa shape index (κ1) is 19.1. The zero-order chi connectivity index (χ0) is 18.1. The van der Waals surface area contributed by atoms with Gasteiger partial charge in [0.05, 0.1) is 19.4 Å². The van der Waals surface area contributed by atoms with E-state index in [4.69, 9.17) is 9.47 Å². The molecule has 0 aliphatic carbocycles. The molecule has 4 nitrogen and oxygen atoms in total. The molecule has 2 aromatic carbocycles. The van der Waals surface area contributed by atoms with Gasteiger partial charge in [-0.2, -0.15) is 8.78 Å². The quantitative estimate of drug-likeness (QED) is 0.510. The second-order valence-electron chi connectivity index (χ2n) is 5.05. The number of carbonyl (C=O) groups excluding carboxylic acids is 1. The molecule has 134 valence electrons. The van der Waals surface area contributed by atoms with E-state index in [1.165, 1.54) is 0 Å². The zero-order valence-electron chi connectivity index (χ0n) is 13.7. The molecule has 25 heavy (non-hydrogen) atoms. The predicted octanol–water partition coefficient (Wildman–Crippen LogP) is 4.81. The molecule has 0 saturated carbocycles. The Morgan fingerprint density at radius 3 is 2.48 bits per heavy atom. The van der Waals surface area contributed by atoms with Crippen LogP contribution in [0.5, 0.6) is 11.5 Å². The number of halogens is 2. The molecule has 2 aromatic rings. The smallest absolute Gasteiger partial charge is 0.288 e. The fourth-order valence-corrected chi connectivity index (χ4v) is 2.67. The predicted molar refractivity (Wildman–Crippen MR) is 94.7 cm³/mol. The van der Waals surface area contributed by atoms with Gasteiger partial charge in [0.2, 0.25) is 5.91 Å². The van der Waals surface area contributed by atoms with Crippen molar-refractivity contribution < 1.29 is 23.0 Å². The fraction of sp³-hybridized carbons (Fsp3) is 0.278. The minimum absolute atomic E-state index is 0.236. The van der Waals surface area contributed by atoms with Crippen LogP contribution in [-0.4, -0.2) is 25.4 Å². The van der Waals surface area contributed by atoms with Crippen molar-refractivity contribution >= 4 is 23.4 Å². The summed E-state index contributed by atoms with van der Waals surface area (Å²) < 4.78 is 35.6. The lowest BCUT2D eigenvalue weighted by molar-refractivity contribution is -0.116. The maximum atomic E-state index is 12.5. The molecule has 0 aliphatic rings. The monoisotopic (exact) mass is 367 g/mol. The molecule has 0 fully saturated rings. The Labute approximate surface area is 149 Å². The van der Waals surface area contributed by atoms with E-state index in [0.29, 0.717) is 41.1 Å². The Morgan fingerprint density at radius 1 is 1.12 bits per heavy atom. The van der Waals surface area contributed by atoms with E-state index in [0.717, 1.165) is 5.75 Å². The lowest BCUT2D eigenvalue weighted by Gasteiger charge is -2.10. The van der Waals surface area contributed by atoms with Crippen LogP contribution in [-0.2, 0) is 4.79 Å². The summed E-state index contributed by atoms with van der Waals surface area (Å²) in [5.41, 5.74) is 0.397. The first-order chi connectivity index (χ1) is 12.1. The van der Waals surface area contributed by atoms with Crippen molar-refractivity contribution in [2.24, 2.45) is 0 Å². The molecule has 1 N–H and O–H groups in total. The van der Waals surface area contributed by atoms with Gasteiger partial charge in [-0.15, -0.1) is 0 Å². The zero-order valence-corrected chi connectivity index (χ0v) is 14.5. The molecule has 0 aliphatic heterocycles. The van der Waals surface area contributed by atoms with Gasteiger partial charge < -0.3 is 14.8 Å². The van der Waals surface area contributed by atoms with Crippen molar-refractivity contribution in [1.29, 1.82) is 0 Å². The van der Waals surface area contributed by atoms with E-state index < -0.39 is 5.76 Å². The van der Waals surface area contributed by atoms with Gasteiger partial charge in [0.25, 0.3) is 5.76 Å². The average molecular weight is 367 g/mol. The van der Waals surface area contributed by atoms with Crippen molar-refractivity contribution in [3.8, 4) is 11.5 Å². The van der Waals surface area contributed by atoms with Crippen LogP contribution in [0.3, 0.4) is 0 Å². The summed E-state index contributed by atoms with van der Waals surface area (Å²) >= 11 is 0.413. The van der Waals surface area contributed by atoms with Crippen LogP contribution in [0.4, 0.5) is 14.5 Å². The summed E-state index contributed by atoms with van der Waals surface area (Å²) in [6.45, 7) is 0.382. The van der Waals surface area contributed by atoms with E-state index in [-0.39, 0.29) is 12.3 Å². The number of anilines is 1. The van der Waals surface area contributed by atoms with Gasteiger partial charge in [0, 0.05) is 11.3 Å². The number of thioether (sulfide) groups is 1.